The molecule has 4 rings (SSSR count). The Bertz CT molecular complexity index is 1340. The SMILES string of the molecule is CC(C)CCCC(=O)c1ccc(-c2c3cc(Cl)c(=O)cc-3oc3cc(O)c(Cl)cc23)cc1. The van der Waals surface area contributed by atoms with E-state index in [9.17, 15) is 14.7 Å². The van der Waals surface area contributed by atoms with Gasteiger partial charge >= 0.3 is 0 Å². The maximum absolute atomic E-state index is 12.6. The Morgan fingerprint density at radius 3 is 2.44 bits per heavy atom. The van der Waals surface area contributed by atoms with E-state index >= 15 is 0 Å². The summed E-state index contributed by atoms with van der Waals surface area (Å²) in [5.41, 5.74) is 2.88. The zero-order valence-corrected chi connectivity index (χ0v) is 19.3. The summed E-state index contributed by atoms with van der Waals surface area (Å²) < 4.78 is 5.87. The lowest BCUT2D eigenvalue weighted by atomic mass is 9.92. The summed E-state index contributed by atoms with van der Waals surface area (Å²) in [6.07, 6.45) is 2.40. The number of ketones is 1. The van der Waals surface area contributed by atoms with Crippen LogP contribution in [0.3, 0.4) is 0 Å². The number of hydrogen-bond donors (Lipinski definition) is 1. The van der Waals surface area contributed by atoms with Crippen LogP contribution in [0.5, 0.6) is 5.75 Å². The number of carbonyl (C=O) groups is 1. The van der Waals surface area contributed by atoms with E-state index in [0.717, 1.165) is 24.0 Å². The predicted molar refractivity (Wildman–Crippen MR) is 129 cm³/mol. The van der Waals surface area contributed by atoms with Crippen molar-refractivity contribution in [2.75, 3.05) is 0 Å². The number of carbonyl (C=O) groups excluding carboxylic acids is 1. The molecule has 4 nitrogen and oxygen atoms in total. The average Bonchev–Trinajstić information content (AvgIpc) is 2.74. The van der Waals surface area contributed by atoms with E-state index < -0.39 is 0 Å². The van der Waals surface area contributed by atoms with Gasteiger partial charge in [0.2, 0.25) is 5.43 Å². The third-order valence-electron chi connectivity index (χ3n) is 5.52. The smallest absolute Gasteiger partial charge is 0.200 e. The molecular formula is C26H22Cl2O4. The van der Waals surface area contributed by atoms with Crippen LogP contribution in [-0.4, -0.2) is 10.9 Å². The van der Waals surface area contributed by atoms with Crippen LogP contribution in [0.2, 0.25) is 10.0 Å². The van der Waals surface area contributed by atoms with Crippen molar-refractivity contribution in [1.29, 1.82) is 0 Å². The van der Waals surface area contributed by atoms with Gasteiger partial charge in [-0.15, -0.1) is 0 Å². The third-order valence-corrected chi connectivity index (χ3v) is 6.12. The minimum absolute atomic E-state index is 0.0788. The number of fused-ring (bicyclic) bond motifs is 2. The van der Waals surface area contributed by atoms with Crippen LogP contribution >= 0.6 is 23.2 Å². The van der Waals surface area contributed by atoms with Crippen molar-refractivity contribution in [3.8, 4) is 28.2 Å². The molecule has 0 saturated carbocycles. The number of Topliss-reactive ketones (excluding diaryl/α,β-unsaturated/α-hetero) is 1. The van der Waals surface area contributed by atoms with Gasteiger partial charge in [0.15, 0.2) is 5.78 Å². The molecule has 1 heterocycles. The molecule has 1 N–H and O–H groups in total. The van der Waals surface area contributed by atoms with Gasteiger partial charge < -0.3 is 9.52 Å². The first-order valence-electron chi connectivity index (χ1n) is 10.5. The van der Waals surface area contributed by atoms with E-state index in [2.05, 4.69) is 13.8 Å². The molecule has 1 aliphatic heterocycles. The Hall–Kier alpha value is -2.82. The monoisotopic (exact) mass is 468 g/mol. The second kappa shape index (κ2) is 8.97. The van der Waals surface area contributed by atoms with E-state index in [4.69, 9.17) is 27.6 Å². The van der Waals surface area contributed by atoms with Gasteiger partial charge in [0.25, 0.3) is 0 Å². The molecule has 32 heavy (non-hydrogen) atoms. The number of phenols is 1. The van der Waals surface area contributed by atoms with Gasteiger partial charge in [-0.3, -0.25) is 9.59 Å². The molecule has 2 aliphatic rings. The van der Waals surface area contributed by atoms with Gasteiger partial charge in [0, 0.05) is 40.6 Å². The average molecular weight is 469 g/mol. The van der Waals surface area contributed by atoms with Crippen LogP contribution in [0.25, 0.3) is 33.4 Å². The minimum Gasteiger partial charge on any atom is -0.506 e. The van der Waals surface area contributed by atoms with Crippen LogP contribution in [-0.2, 0) is 0 Å². The minimum atomic E-state index is -0.353. The zero-order chi connectivity index (χ0) is 23.0. The summed E-state index contributed by atoms with van der Waals surface area (Å²) in [5.74, 6) is 0.911. The Morgan fingerprint density at radius 2 is 1.75 bits per heavy atom. The van der Waals surface area contributed by atoms with Crippen molar-refractivity contribution in [1.82, 2.24) is 0 Å². The molecule has 0 spiro atoms. The maximum atomic E-state index is 12.6. The first-order chi connectivity index (χ1) is 15.2. The van der Waals surface area contributed by atoms with Crippen molar-refractivity contribution in [2.45, 2.75) is 33.1 Å². The largest absolute Gasteiger partial charge is 0.506 e. The van der Waals surface area contributed by atoms with Crippen LogP contribution < -0.4 is 5.43 Å². The number of aromatic hydroxyl groups is 1. The fraction of sp³-hybridized carbons (Fsp3) is 0.231. The lowest BCUT2D eigenvalue weighted by Crippen LogP contribution is -2.03. The molecule has 0 amide bonds. The van der Waals surface area contributed by atoms with Crippen molar-refractivity contribution in [3.05, 3.63) is 74.4 Å². The molecule has 164 valence electrons. The number of benzene rings is 3. The van der Waals surface area contributed by atoms with Gasteiger partial charge in [-0.2, -0.15) is 0 Å². The first kappa shape index (κ1) is 22.4. The summed E-state index contributed by atoms with van der Waals surface area (Å²) >= 11 is 12.3. The highest BCUT2D eigenvalue weighted by molar-refractivity contribution is 6.33. The van der Waals surface area contributed by atoms with Crippen LogP contribution in [0, 0.1) is 5.92 Å². The summed E-state index contributed by atoms with van der Waals surface area (Å²) in [6, 6.07) is 13.3. The second-order valence-electron chi connectivity index (χ2n) is 8.34. The predicted octanol–water partition coefficient (Wildman–Crippen LogP) is 7.59. The fourth-order valence-electron chi connectivity index (χ4n) is 3.85. The molecule has 2 aromatic carbocycles. The number of halogens is 2. The van der Waals surface area contributed by atoms with Crippen LogP contribution in [0.1, 0.15) is 43.5 Å². The molecule has 0 saturated heterocycles. The molecule has 0 atom stereocenters. The van der Waals surface area contributed by atoms with Gasteiger partial charge in [0.1, 0.15) is 17.1 Å². The third kappa shape index (κ3) is 4.38. The molecule has 0 aromatic heterocycles. The fourth-order valence-corrected chi connectivity index (χ4v) is 4.18. The summed E-state index contributed by atoms with van der Waals surface area (Å²) in [6.45, 7) is 4.29. The number of hydrogen-bond acceptors (Lipinski definition) is 4. The summed E-state index contributed by atoms with van der Waals surface area (Å²) in [4.78, 5) is 24.6. The molecule has 6 heteroatoms. The Balaban J connectivity index is 1.84. The van der Waals surface area contributed by atoms with Crippen molar-refractivity contribution < 1.29 is 14.3 Å². The van der Waals surface area contributed by atoms with Crippen molar-refractivity contribution in [2.24, 2.45) is 5.92 Å². The van der Waals surface area contributed by atoms with Gasteiger partial charge in [-0.1, -0.05) is 67.7 Å². The van der Waals surface area contributed by atoms with Crippen molar-refractivity contribution >= 4 is 40.0 Å². The van der Waals surface area contributed by atoms with E-state index in [-0.39, 0.29) is 27.0 Å². The van der Waals surface area contributed by atoms with E-state index in [1.807, 2.05) is 12.1 Å². The molecule has 0 bridgehead atoms. The zero-order valence-electron chi connectivity index (χ0n) is 17.7. The lowest BCUT2D eigenvalue weighted by molar-refractivity contribution is 0.0978. The van der Waals surface area contributed by atoms with Gasteiger partial charge in [-0.05, 0) is 30.0 Å². The summed E-state index contributed by atoms with van der Waals surface area (Å²) in [5, 5.41) is 11.0. The molecule has 0 unspecified atom stereocenters. The van der Waals surface area contributed by atoms with Gasteiger partial charge in [0.05, 0.1) is 10.0 Å². The molecular weight excluding hydrogens is 447 g/mol. The maximum Gasteiger partial charge on any atom is 0.200 e. The Kier molecular flexibility index (Phi) is 6.27. The normalized spacial score (nSPS) is 11.5. The van der Waals surface area contributed by atoms with Gasteiger partial charge in [-0.25, -0.2) is 0 Å². The number of phenolic OH excluding ortho intramolecular Hbond substituents is 1. The second-order valence-corrected chi connectivity index (χ2v) is 9.16. The highest BCUT2D eigenvalue weighted by Gasteiger charge is 2.20. The molecule has 2 aromatic rings. The van der Waals surface area contributed by atoms with E-state index in [1.54, 1.807) is 24.3 Å². The molecule has 0 fully saturated rings. The highest BCUT2D eigenvalue weighted by atomic mass is 35.5. The topological polar surface area (TPSA) is 67.5 Å². The summed E-state index contributed by atoms with van der Waals surface area (Å²) in [7, 11) is 0. The van der Waals surface area contributed by atoms with Crippen LogP contribution in [0.15, 0.2) is 57.7 Å². The molecule has 0 radical (unpaired) electrons. The standard InChI is InChI=1S/C26H22Cl2O4/c1-14(2)4-3-5-21(29)15-6-8-16(9-7-15)26-17-10-19(27)22(30)12-24(17)32-25-13-23(31)20(28)11-18(25)26/h6-14,30H,3-5H2,1-2H3. The highest BCUT2D eigenvalue weighted by Crippen LogP contribution is 2.43. The van der Waals surface area contributed by atoms with E-state index in [0.29, 0.717) is 40.2 Å². The van der Waals surface area contributed by atoms with Crippen LogP contribution in [0.4, 0.5) is 0 Å². The molecule has 1 aliphatic carbocycles. The number of rotatable bonds is 6. The Morgan fingerprint density at radius 1 is 1.03 bits per heavy atom. The first-order valence-corrected chi connectivity index (χ1v) is 11.2. The quantitative estimate of drug-likeness (QED) is 0.233. The van der Waals surface area contributed by atoms with Crippen molar-refractivity contribution in [3.63, 3.8) is 0 Å². The van der Waals surface area contributed by atoms with E-state index in [1.165, 1.54) is 12.1 Å². The Labute approximate surface area is 195 Å². The lowest BCUT2D eigenvalue weighted by Gasteiger charge is -2.16.